The number of nitrogens with zero attached hydrogens (tertiary/aromatic N) is 2. The van der Waals surface area contributed by atoms with Crippen molar-refractivity contribution >= 4 is 11.8 Å². The minimum atomic E-state index is -4.98. The molecule has 0 saturated carbocycles. The van der Waals surface area contributed by atoms with Gasteiger partial charge in [0.1, 0.15) is 0 Å². The third-order valence-electron chi connectivity index (χ3n) is 6.52. The Labute approximate surface area is 222 Å². The Hall–Kier alpha value is -3.12. The number of primary amides is 1. The van der Waals surface area contributed by atoms with E-state index < -0.39 is 35.0 Å². The molecule has 0 bridgehead atoms. The number of halogens is 6. The van der Waals surface area contributed by atoms with E-state index in [2.05, 4.69) is 0 Å². The molecule has 1 atom stereocenters. The van der Waals surface area contributed by atoms with Crippen LogP contribution in [0.15, 0.2) is 48.5 Å². The fourth-order valence-corrected chi connectivity index (χ4v) is 4.59. The number of carbonyl (C=O) groups is 2. The number of rotatable bonds is 5. The summed E-state index contributed by atoms with van der Waals surface area (Å²) in [6, 6.07) is 10.1. The molecule has 2 N–H and O–H groups in total. The van der Waals surface area contributed by atoms with Crippen LogP contribution in [-0.2, 0) is 28.3 Å². The highest BCUT2D eigenvalue weighted by Crippen LogP contribution is 2.37. The number of amides is 2. The van der Waals surface area contributed by atoms with Crippen molar-refractivity contribution in [3.8, 4) is 0 Å². The molecule has 12 heteroatoms. The molecule has 214 valence electrons. The molecule has 4 rings (SSSR count). The van der Waals surface area contributed by atoms with Gasteiger partial charge in [0.15, 0.2) is 0 Å². The van der Waals surface area contributed by atoms with Gasteiger partial charge in [0.2, 0.25) is 5.91 Å². The van der Waals surface area contributed by atoms with Crippen molar-refractivity contribution < 1.29 is 40.7 Å². The van der Waals surface area contributed by atoms with Crippen molar-refractivity contribution in [1.29, 1.82) is 0 Å². The molecule has 2 amide bonds. The third kappa shape index (κ3) is 9.24. The average molecular weight is 560 g/mol. The number of ether oxygens (including phenoxy) is 1. The lowest BCUT2D eigenvalue weighted by molar-refractivity contribution is -0.143. The molecular formula is C27H31F6N3O3. The third-order valence-corrected chi connectivity index (χ3v) is 6.52. The topological polar surface area (TPSA) is 75.9 Å². The van der Waals surface area contributed by atoms with Gasteiger partial charge in [-0.3, -0.25) is 14.5 Å². The van der Waals surface area contributed by atoms with Crippen LogP contribution in [-0.4, -0.2) is 67.0 Å². The lowest BCUT2D eigenvalue weighted by Gasteiger charge is -2.36. The highest BCUT2D eigenvalue weighted by Gasteiger charge is 2.38. The molecule has 2 aromatic rings. The minimum Gasteiger partial charge on any atom is -0.379 e. The fourth-order valence-electron chi connectivity index (χ4n) is 4.59. The van der Waals surface area contributed by atoms with E-state index in [4.69, 9.17) is 10.5 Å². The first-order chi connectivity index (χ1) is 18.3. The van der Waals surface area contributed by atoms with Crippen molar-refractivity contribution in [2.45, 2.75) is 44.1 Å². The SMILES string of the molecule is NC(=O)CN1CCOCC1.O=C(c1cc(C(F)(F)F)cc(C(F)(F)F)c1)N1CCCC[C@H]1Cc1ccccc1. The molecule has 0 spiro atoms. The second kappa shape index (κ2) is 13.3. The Morgan fingerprint density at radius 2 is 1.46 bits per heavy atom. The van der Waals surface area contributed by atoms with Crippen molar-refractivity contribution in [2.24, 2.45) is 5.73 Å². The number of benzene rings is 2. The van der Waals surface area contributed by atoms with E-state index in [1.54, 1.807) is 0 Å². The van der Waals surface area contributed by atoms with E-state index in [1.807, 2.05) is 35.2 Å². The van der Waals surface area contributed by atoms with Gasteiger partial charge in [0.25, 0.3) is 5.91 Å². The van der Waals surface area contributed by atoms with E-state index >= 15 is 0 Å². The molecule has 2 heterocycles. The summed E-state index contributed by atoms with van der Waals surface area (Å²) in [5, 5.41) is 0. The summed E-state index contributed by atoms with van der Waals surface area (Å²) in [5.74, 6) is -1.07. The van der Waals surface area contributed by atoms with Crippen LogP contribution in [0.2, 0.25) is 0 Å². The second-order valence-corrected chi connectivity index (χ2v) is 9.49. The van der Waals surface area contributed by atoms with Crippen molar-refractivity contribution in [1.82, 2.24) is 9.80 Å². The van der Waals surface area contributed by atoms with E-state index in [1.165, 1.54) is 4.90 Å². The van der Waals surface area contributed by atoms with Crippen LogP contribution in [0, 0.1) is 0 Å². The molecular weight excluding hydrogens is 528 g/mol. The molecule has 0 radical (unpaired) electrons. The molecule has 6 nitrogen and oxygen atoms in total. The highest BCUT2D eigenvalue weighted by atomic mass is 19.4. The maximum absolute atomic E-state index is 13.1. The van der Waals surface area contributed by atoms with Crippen LogP contribution in [0.5, 0.6) is 0 Å². The minimum absolute atomic E-state index is 0.0361. The Morgan fingerprint density at radius 3 is 2.00 bits per heavy atom. The molecule has 0 aliphatic carbocycles. The summed E-state index contributed by atoms with van der Waals surface area (Å²) < 4.78 is 83.8. The van der Waals surface area contributed by atoms with E-state index in [0.29, 0.717) is 57.7 Å². The Bertz CT molecular complexity index is 1070. The summed E-state index contributed by atoms with van der Waals surface area (Å²) in [5.41, 5.74) is 2.41. The highest BCUT2D eigenvalue weighted by molar-refractivity contribution is 5.95. The quantitative estimate of drug-likeness (QED) is 0.536. The number of alkyl halides is 6. The van der Waals surface area contributed by atoms with Gasteiger partial charge in [-0.15, -0.1) is 0 Å². The standard InChI is InChI=1S/C21H19F6NO.C6H12N2O2/c22-20(23,24)16-11-15(12-17(13-16)21(25,26)27)19(29)28-9-5-4-8-18(28)10-14-6-2-1-3-7-14;7-6(9)5-8-1-3-10-4-2-8/h1-3,6-7,11-13,18H,4-5,8-10H2;1-5H2,(H2,7,9)/t18-;/m0./s1. The number of nitrogens with two attached hydrogens (primary N) is 1. The van der Waals surface area contributed by atoms with Crippen LogP contribution < -0.4 is 5.73 Å². The number of piperidine rings is 1. The van der Waals surface area contributed by atoms with Crippen LogP contribution in [0.3, 0.4) is 0 Å². The van der Waals surface area contributed by atoms with E-state index in [-0.39, 0.29) is 18.0 Å². The Kier molecular flexibility index (Phi) is 10.4. The second-order valence-electron chi connectivity index (χ2n) is 9.49. The predicted molar refractivity (Wildman–Crippen MR) is 132 cm³/mol. The lowest BCUT2D eigenvalue weighted by Crippen LogP contribution is -2.45. The maximum Gasteiger partial charge on any atom is 0.416 e. The van der Waals surface area contributed by atoms with Gasteiger partial charge in [-0.05, 0) is 49.4 Å². The largest absolute Gasteiger partial charge is 0.416 e. The first-order valence-corrected chi connectivity index (χ1v) is 12.6. The van der Waals surface area contributed by atoms with Crippen molar-refractivity contribution in [2.75, 3.05) is 39.4 Å². The fraction of sp³-hybridized carbons (Fsp3) is 0.481. The lowest BCUT2D eigenvalue weighted by atomic mass is 9.94. The Balaban J connectivity index is 0.000000353. The summed E-state index contributed by atoms with van der Waals surface area (Å²) in [7, 11) is 0. The van der Waals surface area contributed by atoms with Gasteiger partial charge >= 0.3 is 12.4 Å². The normalized spacial score (nSPS) is 18.7. The average Bonchev–Trinajstić information content (AvgIpc) is 2.88. The molecule has 2 fully saturated rings. The van der Waals surface area contributed by atoms with Gasteiger partial charge in [-0.1, -0.05) is 30.3 Å². The molecule has 0 unspecified atom stereocenters. The monoisotopic (exact) mass is 559 g/mol. The van der Waals surface area contributed by atoms with Crippen molar-refractivity contribution in [3.63, 3.8) is 0 Å². The van der Waals surface area contributed by atoms with E-state index in [0.717, 1.165) is 25.1 Å². The van der Waals surface area contributed by atoms with Crippen LogP contribution in [0.25, 0.3) is 0 Å². The first-order valence-electron chi connectivity index (χ1n) is 12.6. The summed E-state index contributed by atoms with van der Waals surface area (Å²) >= 11 is 0. The van der Waals surface area contributed by atoms with Gasteiger partial charge in [0, 0.05) is 31.2 Å². The van der Waals surface area contributed by atoms with Crippen molar-refractivity contribution in [3.05, 3.63) is 70.8 Å². The zero-order valence-corrected chi connectivity index (χ0v) is 21.2. The smallest absolute Gasteiger partial charge is 0.379 e. The molecule has 39 heavy (non-hydrogen) atoms. The van der Waals surface area contributed by atoms with Gasteiger partial charge < -0.3 is 15.4 Å². The Morgan fingerprint density at radius 1 is 0.872 bits per heavy atom. The molecule has 2 aliphatic heterocycles. The number of morpholine rings is 1. The first kappa shape index (κ1) is 30.4. The zero-order valence-electron chi connectivity index (χ0n) is 21.2. The number of hydrogen-bond acceptors (Lipinski definition) is 4. The van der Waals surface area contributed by atoms with Gasteiger partial charge in [-0.25, -0.2) is 0 Å². The molecule has 0 aromatic heterocycles. The number of likely N-dealkylation sites (tertiary alicyclic amines) is 1. The van der Waals surface area contributed by atoms with Crippen LogP contribution in [0.1, 0.15) is 46.3 Å². The predicted octanol–water partition coefficient (Wildman–Crippen LogP) is 4.77. The van der Waals surface area contributed by atoms with E-state index in [9.17, 15) is 35.9 Å². The molecule has 2 aromatic carbocycles. The van der Waals surface area contributed by atoms with Crippen LogP contribution >= 0.6 is 0 Å². The zero-order chi connectivity index (χ0) is 28.6. The number of hydrogen-bond donors (Lipinski definition) is 1. The maximum atomic E-state index is 13.1. The molecule has 2 saturated heterocycles. The molecule has 2 aliphatic rings. The summed E-state index contributed by atoms with van der Waals surface area (Å²) in [6.07, 6.45) is -7.33. The number of carbonyl (C=O) groups excluding carboxylic acids is 2. The summed E-state index contributed by atoms with van der Waals surface area (Å²) in [6.45, 7) is 3.74. The van der Waals surface area contributed by atoms with Gasteiger partial charge in [-0.2, -0.15) is 26.3 Å². The van der Waals surface area contributed by atoms with Crippen LogP contribution in [0.4, 0.5) is 26.3 Å². The summed E-state index contributed by atoms with van der Waals surface area (Å²) in [4.78, 5) is 26.8. The van der Waals surface area contributed by atoms with Gasteiger partial charge in [0.05, 0.1) is 30.9 Å².